The average molecular weight is 1210 g/mol. The summed E-state index contributed by atoms with van der Waals surface area (Å²) >= 11 is 0. The lowest BCUT2D eigenvalue weighted by Gasteiger charge is -2.06. The van der Waals surface area contributed by atoms with Crippen molar-refractivity contribution in [2.24, 2.45) is 0 Å². The molecule has 0 unspecified atom stereocenters. The first-order valence-corrected chi connectivity index (χ1v) is 34.5. The van der Waals surface area contributed by atoms with Crippen molar-refractivity contribution >= 4 is 111 Å². The van der Waals surface area contributed by atoms with Gasteiger partial charge in [0.1, 0.15) is 0 Å². The Balaban J connectivity index is 0.000000214. The first kappa shape index (κ1) is 66.5. The maximum absolute atomic E-state index is 12.2. The summed E-state index contributed by atoms with van der Waals surface area (Å²) in [5.74, 6) is -0.369. The molecule has 11 nitrogen and oxygen atoms in total. The number of fused-ring (bicyclic) bond motifs is 16. The molecule has 5 N–H and O–H groups in total. The number of aliphatic hydroxyl groups is 1. The standard InChI is InChI=1S/C40H50N4O2.C39H50N4O/c1-6-10-14-28-32-19-20-33(41-32)29(15-11-7-2)35-23-24-37(43-35)31(17-13-9-4)40-27(18-25-39(45)46-5)26-38(44-40)30(16-12-8-3)36-22-21-34(28)42-36;1-5-9-15-28-32-19-20-33(40-32)29(16-10-6-2)35-23-24-37(42-35)31(18-12-8-4)39-27(14-13-25-44)26-38(43-39)30(17-11-7-3)36-22-21-34(28)41-36/h18-26,42,44H,6-17H2,1-5H3;13-14,19-24,26,41,43-44H,5-12,15-18,25H2,1-4H3/b25-18-,32-28?,33-29?,34-28?,35-29?,36-30?,37-31?,38-30?,40-31?;14-13+,32-28?,33-29?,34-28?,35-29?,36-30?,37-31?,38-30?,39-31?. The molecule has 4 aliphatic heterocycles. The summed E-state index contributed by atoms with van der Waals surface area (Å²) < 4.78 is 4.97. The lowest BCUT2D eigenvalue weighted by molar-refractivity contribution is -0.134. The van der Waals surface area contributed by atoms with Crippen LogP contribution in [0.5, 0.6) is 0 Å². The maximum atomic E-state index is 12.2. The van der Waals surface area contributed by atoms with Gasteiger partial charge >= 0.3 is 5.97 Å². The molecule has 90 heavy (non-hydrogen) atoms. The van der Waals surface area contributed by atoms with Crippen LogP contribution < -0.4 is 0 Å². The van der Waals surface area contributed by atoms with E-state index in [-0.39, 0.29) is 12.6 Å². The third-order valence-electron chi connectivity index (χ3n) is 17.9. The summed E-state index contributed by atoms with van der Waals surface area (Å²) in [6.45, 7) is 17.9. The minimum Gasteiger partial charge on any atom is -0.466 e. The van der Waals surface area contributed by atoms with Crippen LogP contribution >= 0.6 is 0 Å². The SMILES string of the molecule is CCCCc1c2nc(c(CCCC)c3ccc([nH]3)c(CCCC)c3cc(/C=C/CO)c([nH]3)c(CCCC)c3nc1C=C3)C=C2.CCCCc1c2nc(c(CCCC)c3ccc([nH]3)c(CCCC)c3cc(/C=C\C(=O)OC)c([nH]3)c(CCCC)c3nc1C=C3)C=C2. The fourth-order valence-corrected chi connectivity index (χ4v) is 12.7. The van der Waals surface area contributed by atoms with Crippen LogP contribution in [-0.2, 0) is 60.9 Å². The third kappa shape index (κ3) is 16.0. The van der Waals surface area contributed by atoms with Crippen molar-refractivity contribution in [1.82, 2.24) is 39.9 Å². The zero-order valence-electron chi connectivity index (χ0n) is 55.6. The highest BCUT2D eigenvalue weighted by Crippen LogP contribution is 2.35. The Labute approximate surface area is 535 Å². The number of carbonyl (C=O) groups excluding carboxylic acids is 1. The van der Waals surface area contributed by atoms with Crippen LogP contribution in [0.2, 0.25) is 0 Å². The molecule has 10 heterocycles. The molecule has 0 aliphatic carbocycles. The van der Waals surface area contributed by atoms with E-state index in [1.54, 1.807) is 0 Å². The number of ether oxygens (including phenoxy) is 1. The quantitative estimate of drug-likeness (QED) is 0.0241. The number of methoxy groups -OCH3 is 1. The van der Waals surface area contributed by atoms with E-state index in [1.165, 1.54) is 57.7 Å². The number of aromatic nitrogens is 8. The number of aromatic amines is 4. The zero-order valence-corrected chi connectivity index (χ0v) is 55.6. The number of rotatable bonds is 28. The molecule has 0 saturated heterocycles. The van der Waals surface area contributed by atoms with E-state index in [2.05, 4.69) is 166 Å². The molecule has 0 aromatic carbocycles. The van der Waals surface area contributed by atoms with Gasteiger partial charge in [0.05, 0.1) is 70.3 Å². The molecule has 0 amide bonds. The van der Waals surface area contributed by atoms with Crippen molar-refractivity contribution in [3.63, 3.8) is 0 Å². The molecule has 0 spiro atoms. The predicted octanol–water partition coefficient (Wildman–Crippen LogP) is 20.2. The Morgan fingerprint density at radius 3 is 0.978 bits per heavy atom. The molecule has 0 fully saturated rings. The lowest BCUT2D eigenvalue weighted by Crippen LogP contribution is -1.97. The van der Waals surface area contributed by atoms with Crippen molar-refractivity contribution in [3.05, 3.63) is 150 Å². The largest absolute Gasteiger partial charge is 0.466 e. The van der Waals surface area contributed by atoms with Crippen molar-refractivity contribution in [3.8, 4) is 0 Å². The highest BCUT2D eigenvalue weighted by Gasteiger charge is 2.21. The Hall–Kier alpha value is -7.89. The predicted molar refractivity (Wildman–Crippen MR) is 384 cm³/mol. The van der Waals surface area contributed by atoms with Gasteiger partial charge in [-0.2, -0.15) is 0 Å². The summed E-state index contributed by atoms with van der Waals surface area (Å²) in [5.41, 5.74) is 29.1. The number of H-pyrrole nitrogens is 4. The molecule has 4 aliphatic rings. The Bertz CT molecular complexity index is 4020. The number of carbonyl (C=O) groups is 1. The average Bonchev–Trinajstić information content (AvgIpc) is 1.73. The number of nitrogens with zero attached hydrogens (tertiary/aromatic N) is 4. The third-order valence-corrected chi connectivity index (χ3v) is 17.9. The molecule has 16 bridgehead atoms. The van der Waals surface area contributed by atoms with Gasteiger partial charge in [0, 0.05) is 83.7 Å². The topological polar surface area (TPSA) is 161 Å². The minimum absolute atomic E-state index is 0.00992. The number of hydrogen-bond donors (Lipinski definition) is 5. The first-order chi connectivity index (χ1) is 44.1. The van der Waals surface area contributed by atoms with Gasteiger partial charge in [-0.15, -0.1) is 0 Å². The molecular weight excluding hydrogens is 1110 g/mol. The van der Waals surface area contributed by atoms with Gasteiger partial charge < -0.3 is 29.8 Å². The molecule has 10 rings (SSSR count). The second kappa shape index (κ2) is 33.3. The summed E-state index contributed by atoms with van der Waals surface area (Å²) in [6, 6.07) is 13.4. The van der Waals surface area contributed by atoms with E-state index < -0.39 is 0 Å². The monoisotopic (exact) mass is 1210 g/mol. The number of aryl methyl sites for hydroxylation is 6. The normalized spacial score (nSPS) is 12.6. The van der Waals surface area contributed by atoms with Crippen LogP contribution in [-0.4, -0.2) is 64.7 Å². The van der Waals surface area contributed by atoms with Gasteiger partial charge in [0.2, 0.25) is 0 Å². The minimum atomic E-state index is -0.369. The second-order valence-electron chi connectivity index (χ2n) is 24.6. The van der Waals surface area contributed by atoms with Crippen molar-refractivity contribution in [2.75, 3.05) is 13.7 Å². The number of hydrogen-bond acceptors (Lipinski definition) is 7. The molecule has 6 aromatic rings. The Morgan fingerprint density at radius 1 is 0.378 bits per heavy atom. The van der Waals surface area contributed by atoms with Crippen LogP contribution in [0.4, 0.5) is 0 Å². The molecule has 0 radical (unpaired) electrons. The summed E-state index contributed by atoms with van der Waals surface area (Å²) in [7, 11) is 1.42. The van der Waals surface area contributed by atoms with Gasteiger partial charge in [-0.05, 0) is 205 Å². The molecule has 6 aromatic heterocycles. The fraction of sp³-hybridized carbons (Fsp3) is 0.430. The molecule has 11 heteroatoms. The number of aliphatic hydroxyl groups excluding tert-OH is 1. The van der Waals surface area contributed by atoms with Crippen molar-refractivity contribution < 1.29 is 14.6 Å². The Kier molecular flexibility index (Phi) is 24.6. The number of nitrogens with one attached hydrogen (secondary N) is 4. The maximum Gasteiger partial charge on any atom is 0.330 e. The molecule has 0 saturated carbocycles. The van der Waals surface area contributed by atoms with Gasteiger partial charge in [0.15, 0.2) is 0 Å². The van der Waals surface area contributed by atoms with Crippen molar-refractivity contribution in [2.45, 2.75) is 209 Å². The van der Waals surface area contributed by atoms with Crippen LogP contribution in [0.25, 0.3) is 105 Å². The number of esters is 1. The fourth-order valence-electron chi connectivity index (χ4n) is 12.7. The van der Waals surface area contributed by atoms with E-state index in [0.29, 0.717) is 0 Å². The molecular formula is C79H100N8O3. The highest BCUT2D eigenvalue weighted by atomic mass is 16.5. The Morgan fingerprint density at radius 2 is 0.656 bits per heavy atom. The van der Waals surface area contributed by atoms with E-state index in [1.807, 2.05) is 12.2 Å². The summed E-state index contributed by atoms with van der Waals surface area (Å²) in [4.78, 5) is 48.9. The van der Waals surface area contributed by atoms with Crippen LogP contribution in [0.1, 0.15) is 259 Å². The smallest absolute Gasteiger partial charge is 0.330 e. The second-order valence-corrected chi connectivity index (χ2v) is 24.6. The summed E-state index contributed by atoms with van der Waals surface area (Å²) in [6.07, 6.45) is 50.0. The van der Waals surface area contributed by atoms with Gasteiger partial charge in [-0.25, -0.2) is 24.7 Å². The molecule has 0 atom stereocenters. The van der Waals surface area contributed by atoms with Crippen LogP contribution in [0, 0.1) is 0 Å². The zero-order chi connectivity index (χ0) is 63.4. The highest BCUT2D eigenvalue weighted by molar-refractivity contribution is 5.93. The van der Waals surface area contributed by atoms with Gasteiger partial charge in [-0.3, -0.25) is 0 Å². The van der Waals surface area contributed by atoms with Crippen molar-refractivity contribution in [1.29, 1.82) is 0 Å². The lowest BCUT2D eigenvalue weighted by atomic mass is 10.0. The van der Waals surface area contributed by atoms with Crippen LogP contribution in [0.15, 0.2) is 48.6 Å². The van der Waals surface area contributed by atoms with Gasteiger partial charge in [0.25, 0.3) is 0 Å². The van der Waals surface area contributed by atoms with Crippen LogP contribution in [0.3, 0.4) is 0 Å². The van der Waals surface area contributed by atoms with E-state index in [0.717, 1.165) is 255 Å². The first-order valence-electron chi connectivity index (χ1n) is 34.5. The van der Waals surface area contributed by atoms with Gasteiger partial charge in [-0.1, -0.05) is 119 Å². The van der Waals surface area contributed by atoms with E-state index in [9.17, 15) is 9.90 Å². The summed E-state index contributed by atoms with van der Waals surface area (Å²) in [5, 5.41) is 9.71. The number of unbranched alkanes of at least 4 members (excludes halogenated alkanes) is 8. The molecule has 474 valence electrons. The van der Waals surface area contributed by atoms with E-state index >= 15 is 0 Å². The van der Waals surface area contributed by atoms with E-state index in [4.69, 9.17) is 24.7 Å².